The van der Waals surface area contributed by atoms with Gasteiger partial charge in [-0.3, -0.25) is 4.90 Å². The van der Waals surface area contributed by atoms with Gasteiger partial charge in [0.05, 0.1) is 0 Å². The number of aliphatic hydroxyl groups is 1. The van der Waals surface area contributed by atoms with Crippen LogP contribution in [0.25, 0.3) is 0 Å². The number of rotatable bonds is 2. The summed E-state index contributed by atoms with van der Waals surface area (Å²) in [6, 6.07) is 0. The van der Waals surface area contributed by atoms with Gasteiger partial charge in [-0.25, -0.2) is 0 Å². The third-order valence-corrected chi connectivity index (χ3v) is 1.22. The van der Waals surface area contributed by atoms with Crippen molar-refractivity contribution < 1.29 is 9.84 Å². The Hall–Kier alpha value is -0.120. The van der Waals surface area contributed by atoms with E-state index in [-0.39, 0.29) is 0 Å². The second-order valence-electron chi connectivity index (χ2n) is 2.03. The number of ether oxygens (including phenoxy) is 1. The van der Waals surface area contributed by atoms with Gasteiger partial charge in [-0.15, -0.1) is 0 Å². The molecule has 0 aromatic rings. The molecule has 0 saturated carbocycles. The molecular formula is C5H13NO2. The van der Waals surface area contributed by atoms with E-state index in [1.54, 1.807) is 25.9 Å². The third-order valence-electron chi connectivity index (χ3n) is 1.22. The largest absolute Gasteiger partial charge is 0.353 e. The Morgan fingerprint density at radius 3 is 1.88 bits per heavy atom. The van der Waals surface area contributed by atoms with Gasteiger partial charge in [0.25, 0.3) is 0 Å². The molecule has 50 valence electrons. The Labute approximate surface area is 49.9 Å². The van der Waals surface area contributed by atoms with E-state index in [9.17, 15) is 0 Å². The van der Waals surface area contributed by atoms with Crippen LogP contribution in [0.4, 0.5) is 0 Å². The molecule has 1 N–H and O–H groups in total. The van der Waals surface area contributed by atoms with Crippen molar-refractivity contribution in [3.05, 3.63) is 0 Å². The summed E-state index contributed by atoms with van der Waals surface area (Å²) in [5.41, 5.74) is 0. The van der Waals surface area contributed by atoms with Gasteiger partial charge in [0.1, 0.15) is 0 Å². The first kappa shape index (κ1) is 7.88. The summed E-state index contributed by atoms with van der Waals surface area (Å²) in [6.45, 7) is 1.58. The third kappa shape index (κ3) is 1.78. The average Bonchev–Trinajstić information content (AvgIpc) is 1.67. The Bertz CT molecular complexity index is 70.8. The van der Waals surface area contributed by atoms with Gasteiger partial charge in [-0.2, -0.15) is 0 Å². The molecule has 0 aromatic heterocycles. The second kappa shape index (κ2) is 2.44. The molecule has 0 saturated heterocycles. The molecule has 0 rings (SSSR count). The fourth-order valence-corrected chi connectivity index (χ4v) is 0.183. The zero-order valence-corrected chi connectivity index (χ0v) is 5.80. The van der Waals surface area contributed by atoms with Crippen LogP contribution in [0.1, 0.15) is 6.92 Å². The number of hydrogen-bond donors (Lipinski definition) is 1. The molecule has 0 spiro atoms. The zero-order valence-electron chi connectivity index (χ0n) is 5.80. The van der Waals surface area contributed by atoms with Crippen molar-refractivity contribution in [2.75, 3.05) is 21.2 Å². The van der Waals surface area contributed by atoms with Crippen molar-refractivity contribution in [3.8, 4) is 0 Å². The lowest BCUT2D eigenvalue weighted by atomic mass is 10.5. The Morgan fingerprint density at radius 2 is 1.88 bits per heavy atom. The standard InChI is InChI=1S/C5H13NO2/c1-5(7,8-4)6(2)3/h7H,1-4H3. The van der Waals surface area contributed by atoms with Crippen molar-refractivity contribution in [2.24, 2.45) is 0 Å². The highest BCUT2D eigenvalue weighted by Crippen LogP contribution is 2.04. The number of nitrogens with zero attached hydrogens (tertiary/aromatic N) is 1. The SMILES string of the molecule is COC(C)(O)N(C)C. The van der Waals surface area contributed by atoms with Crippen molar-refractivity contribution in [2.45, 2.75) is 12.8 Å². The van der Waals surface area contributed by atoms with Crippen molar-refractivity contribution in [1.82, 2.24) is 4.90 Å². The van der Waals surface area contributed by atoms with E-state index in [1.165, 1.54) is 7.11 Å². The number of hydrogen-bond acceptors (Lipinski definition) is 3. The smallest absolute Gasteiger partial charge is 0.223 e. The highest BCUT2D eigenvalue weighted by atomic mass is 16.6. The van der Waals surface area contributed by atoms with Crippen LogP contribution in [0, 0.1) is 0 Å². The Balaban J connectivity index is 3.71. The lowest BCUT2D eigenvalue weighted by Gasteiger charge is -2.28. The van der Waals surface area contributed by atoms with Crippen molar-refractivity contribution in [3.63, 3.8) is 0 Å². The minimum Gasteiger partial charge on any atom is -0.353 e. The minimum atomic E-state index is -1.13. The van der Waals surface area contributed by atoms with Crippen LogP contribution in [-0.4, -0.2) is 37.1 Å². The van der Waals surface area contributed by atoms with Crippen LogP contribution >= 0.6 is 0 Å². The Morgan fingerprint density at radius 1 is 1.50 bits per heavy atom. The molecular weight excluding hydrogens is 106 g/mol. The van der Waals surface area contributed by atoms with Crippen LogP contribution in [-0.2, 0) is 4.74 Å². The van der Waals surface area contributed by atoms with E-state index in [2.05, 4.69) is 4.74 Å². The summed E-state index contributed by atoms with van der Waals surface area (Å²) in [7, 11) is 4.94. The first-order valence-corrected chi connectivity index (χ1v) is 2.45. The summed E-state index contributed by atoms with van der Waals surface area (Å²) >= 11 is 0. The van der Waals surface area contributed by atoms with Crippen molar-refractivity contribution in [1.29, 1.82) is 0 Å². The molecule has 0 aliphatic rings. The maximum absolute atomic E-state index is 9.10. The fraction of sp³-hybridized carbons (Fsp3) is 1.00. The van der Waals surface area contributed by atoms with E-state index in [1.807, 2.05) is 0 Å². The minimum absolute atomic E-state index is 1.13. The second-order valence-corrected chi connectivity index (χ2v) is 2.03. The molecule has 0 bridgehead atoms. The van der Waals surface area contributed by atoms with E-state index in [0.29, 0.717) is 0 Å². The summed E-state index contributed by atoms with van der Waals surface area (Å²) in [5.74, 6) is -1.13. The molecule has 0 aliphatic heterocycles. The fourth-order valence-electron chi connectivity index (χ4n) is 0.183. The van der Waals surface area contributed by atoms with Crippen LogP contribution in [0.3, 0.4) is 0 Å². The molecule has 0 amide bonds. The lowest BCUT2D eigenvalue weighted by molar-refractivity contribution is -0.252. The molecule has 0 heterocycles. The highest BCUT2D eigenvalue weighted by Gasteiger charge is 2.20. The van der Waals surface area contributed by atoms with Gasteiger partial charge < -0.3 is 9.84 Å². The summed E-state index contributed by atoms with van der Waals surface area (Å²) in [6.07, 6.45) is 0. The first-order chi connectivity index (χ1) is 3.50. The van der Waals surface area contributed by atoms with E-state index in [0.717, 1.165) is 0 Å². The highest BCUT2D eigenvalue weighted by molar-refractivity contribution is 4.51. The van der Waals surface area contributed by atoms with Gasteiger partial charge >= 0.3 is 0 Å². The maximum Gasteiger partial charge on any atom is 0.223 e. The molecule has 0 radical (unpaired) electrons. The lowest BCUT2D eigenvalue weighted by Crippen LogP contribution is -2.42. The molecule has 0 fully saturated rings. The quantitative estimate of drug-likeness (QED) is 0.513. The van der Waals surface area contributed by atoms with Crippen LogP contribution in [0.5, 0.6) is 0 Å². The van der Waals surface area contributed by atoms with E-state index in [4.69, 9.17) is 5.11 Å². The number of methoxy groups -OCH3 is 1. The molecule has 1 atom stereocenters. The first-order valence-electron chi connectivity index (χ1n) is 2.45. The molecule has 3 nitrogen and oxygen atoms in total. The maximum atomic E-state index is 9.10. The van der Waals surface area contributed by atoms with Crippen LogP contribution < -0.4 is 0 Å². The topological polar surface area (TPSA) is 32.7 Å². The predicted molar refractivity (Wildman–Crippen MR) is 31.3 cm³/mol. The van der Waals surface area contributed by atoms with Gasteiger partial charge in [-0.05, 0) is 14.1 Å². The summed E-state index contributed by atoms with van der Waals surface area (Å²) < 4.78 is 4.68. The summed E-state index contributed by atoms with van der Waals surface area (Å²) in [4.78, 5) is 1.58. The van der Waals surface area contributed by atoms with Gasteiger partial charge in [0.15, 0.2) is 0 Å². The summed E-state index contributed by atoms with van der Waals surface area (Å²) in [5, 5.41) is 9.10. The predicted octanol–water partition coefficient (Wildman–Crippen LogP) is -0.140. The molecule has 0 aliphatic carbocycles. The van der Waals surface area contributed by atoms with E-state index < -0.39 is 5.91 Å². The van der Waals surface area contributed by atoms with Crippen LogP contribution in [0.2, 0.25) is 0 Å². The van der Waals surface area contributed by atoms with Gasteiger partial charge in [0, 0.05) is 14.0 Å². The molecule has 1 unspecified atom stereocenters. The monoisotopic (exact) mass is 119 g/mol. The molecule has 3 heteroatoms. The van der Waals surface area contributed by atoms with Crippen molar-refractivity contribution >= 4 is 0 Å². The van der Waals surface area contributed by atoms with Gasteiger partial charge in [-0.1, -0.05) is 0 Å². The molecule has 8 heavy (non-hydrogen) atoms. The van der Waals surface area contributed by atoms with Gasteiger partial charge in [0.2, 0.25) is 5.91 Å². The average molecular weight is 119 g/mol. The molecule has 0 aromatic carbocycles. The van der Waals surface area contributed by atoms with E-state index >= 15 is 0 Å². The normalized spacial score (nSPS) is 18.8. The zero-order chi connectivity index (χ0) is 6.78. The Kier molecular flexibility index (Phi) is 2.40. The van der Waals surface area contributed by atoms with Crippen LogP contribution in [0.15, 0.2) is 0 Å².